The summed E-state index contributed by atoms with van der Waals surface area (Å²) in [5.41, 5.74) is 0. The van der Waals surface area contributed by atoms with E-state index in [4.69, 9.17) is 3.83 Å². The van der Waals surface area contributed by atoms with Crippen LogP contribution in [-0.2, 0) is 88.7 Å². The molecule has 0 heterocycles. The van der Waals surface area contributed by atoms with Crippen LogP contribution < -0.4 is 0 Å². The SMILES string of the molecule is [Cr].[KH].[O]=[Mn][Fe].[Ti].[V]. The molecule has 0 saturated heterocycles. The molecule has 0 N–H and O–H groups in total. The molecule has 0 bridgehead atoms. The van der Waals surface area contributed by atoms with Crippen molar-refractivity contribution in [2.24, 2.45) is 0 Å². The first-order chi connectivity index (χ1) is 1.41. The minimum atomic E-state index is -0.438. The molecule has 38 valence electrons. The Kier molecular flexibility index (Phi) is 137. The van der Waals surface area contributed by atoms with Gasteiger partial charge >= 0.3 is 82.5 Å². The van der Waals surface area contributed by atoms with Crippen molar-refractivity contribution in [2.45, 2.75) is 0 Å². The van der Waals surface area contributed by atoms with E-state index in [-0.39, 0.29) is 109 Å². The van der Waals surface area contributed by atoms with Gasteiger partial charge in [0.05, 0.1) is 0 Å². The summed E-state index contributed by atoms with van der Waals surface area (Å²) in [6.45, 7) is 0. The Balaban J connectivity index is -0.00000000333. The summed E-state index contributed by atoms with van der Waals surface area (Å²) >= 11 is 2.52. The normalized spacial score (nSPS) is 2.43. The molecule has 0 unspecified atom stereocenters. The molecule has 1 radical (unpaired) electrons. The fourth-order valence-electron chi connectivity index (χ4n) is 0. The van der Waals surface area contributed by atoms with Gasteiger partial charge in [-0.25, -0.2) is 0 Å². The van der Waals surface area contributed by atoms with Crippen LogP contribution in [0, 0.1) is 0 Å². The third-order valence-electron chi connectivity index (χ3n) is 0. The first-order valence-corrected chi connectivity index (χ1v) is 2.91. The summed E-state index contributed by atoms with van der Waals surface area (Å²) in [7, 11) is 0. The second kappa shape index (κ2) is 31.7. The topological polar surface area (TPSA) is 17.1 Å². The Morgan fingerprint density at radius 1 is 1.43 bits per heavy atom. The van der Waals surface area contributed by atoms with Crippen molar-refractivity contribution >= 4 is 51.4 Å². The van der Waals surface area contributed by atoms with Gasteiger partial charge in [0.1, 0.15) is 0 Å². The molecule has 0 saturated carbocycles. The predicted octanol–water partition coefficient (Wildman–Crippen LogP) is -0.780. The Morgan fingerprint density at radius 2 is 1.43 bits per heavy atom. The Hall–Kier alpha value is 4.31. The van der Waals surface area contributed by atoms with Crippen LogP contribution in [0.1, 0.15) is 0 Å². The molecule has 0 atom stereocenters. The minimum Gasteiger partial charge on any atom is 0 e. The molecule has 7 heavy (non-hydrogen) atoms. The summed E-state index contributed by atoms with van der Waals surface area (Å²) in [4.78, 5) is 0. The minimum absolute atomic E-state index is 0. The fourth-order valence-corrected chi connectivity index (χ4v) is 0. The van der Waals surface area contributed by atoms with Crippen molar-refractivity contribution in [3.05, 3.63) is 0 Å². The molecule has 0 rings (SSSR count). The van der Waals surface area contributed by atoms with E-state index in [2.05, 4.69) is 14.2 Å². The first-order valence-electron chi connectivity index (χ1n) is 0.288. The molecule has 1 nitrogen and oxygen atoms in total. The number of hydrogen-bond donors (Lipinski definition) is 0. The molecule has 0 aliphatic heterocycles. The Labute approximate surface area is 136 Å². The number of hydrogen-bond acceptors (Lipinski definition) is 1. The van der Waals surface area contributed by atoms with Crippen molar-refractivity contribution in [1.82, 2.24) is 0 Å². The van der Waals surface area contributed by atoms with Gasteiger partial charge in [-0.3, -0.25) is 0 Å². The van der Waals surface area contributed by atoms with Crippen LogP contribution in [0.25, 0.3) is 0 Å². The number of rotatable bonds is 0. The van der Waals surface area contributed by atoms with Gasteiger partial charge in [-0.15, -0.1) is 0 Å². The monoisotopic (exact) mass is 318 g/mol. The van der Waals surface area contributed by atoms with E-state index in [0.29, 0.717) is 0 Å². The van der Waals surface area contributed by atoms with Crippen LogP contribution in [0.5, 0.6) is 0 Å². The van der Waals surface area contributed by atoms with Crippen molar-refractivity contribution in [2.75, 3.05) is 0 Å². The van der Waals surface area contributed by atoms with E-state index in [1.165, 1.54) is 0 Å². The van der Waals surface area contributed by atoms with E-state index < -0.39 is 13.1 Å². The van der Waals surface area contributed by atoms with Crippen LogP contribution in [0.15, 0.2) is 0 Å². The van der Waals surface area contributed by atoms with Gasteiger partial charge in [-0.1, -0.05) is 0 Å². The standard InChI is InChI=1S/Cr.Fe.K.Mn.O.Ti.V.H. The summed E-state index contributed by atoms with van der Waals surface area (Å²) in [6, 6.07) is 0. The first kappa shape index (κ1) is 30.2. The molecule has 7 heteroatoms. The average Bonchev–Trinajstić information content (AvgIpc) is 0.918. The third-order valence-corrected chi connectivity index (χ3v) is 0. The fraction of sp³-hybridized carbons (Fsp3) is 0. The van der Waals surface area contributed by atoms with Crippen LogP contribution in [-0.4, -0.2) is 51.4 Å². The van der Waals surface area contributed by atoms with Crippen molar-refractivity contribution < 1.29 is 88.7 Å². The van der Waals surface area contributed by atoms with Gasteiger partial charge in [-0.2, -0.15) is 0 Å². The maximum Gasteiger partial charge on any atom is 0 e. The van der Waals surface area contributed by atoms with Crippen molar-refractivity contribution in [3.8, 4) is 0 Å². The Bertz CT molecular complexity index is 27.2. The van der Waals surface area contributed by atoms with E-state index in [9.17, 15) is 0 Å². The molecular formula is HCrFeKMnOTiV. The zero-order valence-electron chi connectivity index (χ0n) is 2.50. The summed E-state index contributed by atoms with van der Waals surface area (Å²) in [5, 5.41) is 0. The molecule has 0 aromatic rings. The Morgan fingerprint density at radius 3 is 1.43 bits per heavy atom. The summed E-state index contributed by atoms with van der Waals surface area (Å²) in [6.07, 6.45) is 0. The summed E-state index contributed by atoms with van der Waals surface area (Å²) in [5.74, 6) is 0. The summed E-state index contributed by atoms with van der Waals surface area (Å²) < 4.78 is 8.85. The van der Waals surface area contributed by atoms with Crippen LogP contribution in [0.2, 0.25) is 0 Å². The van der Waals surface area contributed by atoms with Gasteiger partial charge in [-0.05, 0) is 0 Å². The largest absolute Gasteiger partial charge is 0 e. The molecule has 0 aromatic carbocycles. The average molecular weight is 318 g/mol. The van der Waals surface area contributed by atoms with E-state index >= 15 is 0 Å². The molecule has 0 fully saturated rings. The molecule has 0 spiro atoms. The van der Waals surface area contributed by atoms with Crippen molar-refractivity contribution in [3.63, 3.8) is 0 Å². The molecule has 0 aliphatic carbocycles. The van der Waals surface area contributed by atoms with Crippen molar-refractivity contribution in [1.29, 1.82) is 0 Å². The molecule has 0 aromatic heterocycles. The predicted molar refractivity (Wildman–Crippen MR) is 7.84 cm³/mol. The second-order valence-electron chi connectivity index (χ2n) is 0.0546. The van der Waals surface area contributed by atoms with Crippen LogP contribution >= 0.6 is 0 Å². The molecular weight excluding hydrogens is 317 g/mol. The zero-order chi connectivity index (χ0) is 2.71. The zero-order valence-corrected chi connectivity index (χ0v) is 9.01. The maximum atomic E-state index is 8.85. The van der Waals surface area contributed by atoms with Gasteiger partial charge in [0.2, 0.25) is 0 Å². The molecule has 0 amide bonds. The second-order valence-corrected chi connectivity index (χ2v) is 0.927. The van der Waals surface area contributed by atoms with Crippen LogP contribution in [0.3, 0.4) is 0 Å². The van der Waals surface area contributed by atoms with Crippen LogP contribution in [0.4, 0.5) is 0 Å². The smallest absolute Gasteiger partial charge is 0 e. The quantitative estimate of drug-likeness (QED) is 0.536. The van der Waals surface area contributed by atoms with Gasteiger partial charge in [0.25, 0.3) is 0 Å². The van der Waals surface area contributed by atoms with Gasteiger partial charge in [0.15, 0.2) is 0 Å². The molecule has 0 aliphatic rings. The van der Waals surface area contributed by atoms with Gasteiger partial charge in [0, 0.05) is 57.6 Å². The van der Waals surface area contributed by atoms with E-state index in [1.807, 2.05) is 0 Å². The third kappa shape index (κ3) is 38.3. The maximum absolute atomic E-state index is 8.85. The van der Waals surface area contributed by atoms with E-state index in [0.717, 1.165) is 0 Å². The van der Waals surface area contributed by atoms with Gasteiger partial charge < -0.3 is 0 Å². The van der Waals surface area contributed by atoms with E-state index in [1.54, 1.807) is 0 Å².